The molecule has 26 heavy (non-hydrogen) atoms. The third kappa shape index (κ3) is 5.47. The van der Waals surface area contributed by atoms with E-state index in [1.807, 2.05) is 17.7 Å². The van der Waals surface area contributed by atoms with Crippen LogP contribution in [0.5, 0.6) is 0 Å². The maximum absolute atomic E-state index is 11.3. The van der Waals surface area contributed by atoms with Gasteiger partial charge < -0.3 is 0 Å². The van der Waals surface area contributed by atoms with E-state index in [1.165, 1.54) is 56.7 Å². The summed E-state index contributed by atoms with van der Waals surface area (Å²) in [5.41, 5.74) is 1.01. The van der Waals surface area contributed by atoms with E-state index < -0.39 is 18.4 Å². The summed E-state index contributed by atoms with van der Waals surface area (Å²) in [5.74, 6) is 0.00490. The van der Waals surface area contributed by atoms with Crippen molar-refractivity contribution >= 4 is 43.3 Å². The number of nitrogens with one attached hydrogen (secondary N) is 1. The number of carbonyl (C=O) groups is 1. The molecule has 2 heterocycles. The molecule has 146 valence electrons. The van der Waals surface area contributed by atoms with Gasteiger partial charge in [-0.3, -0.25) is 0 Å². The molecule has 2 rings (SSSR count). The van der Waals surface area contributed by atoms with Gasteiger partial charge in [0.2, 0.25) is 0 Å². The average molecular weight is 484 g/mol. The molecule has 0 atom stereocenters. The molecule has 1 amide bonds. The number of aromatic nitrogens is 2. The van der Waals surface area contributed by atoms with Crippen molar-refractivity contribution in [1.29, 1.82) is 0 Å². The van der Waals surface area contributed by atoms with Crippen LogP contribution < -0.4 is 8.21 Å². The quantitative estimate of drug-likeness (QED) is 0.427. The number of amides is 1. The first-order valence-electron chi connectivity index (χ1n) is 10.3. The van der Waals surface area contributed by atoms with Crippen LogP contribution in [0.4, 0.5) is 0 Å². The Bertz CT molecular complexity index is 673. The van der Waals surface area contributed by atoms with Crippen LogP contribution in [0.3, 0.4) is 0 Å². The zero-order valence-corrected chi connectivity index (χ0v) is 20.6. The molecule has 2 aromatic heterocycles. The van der Waals surface area contributed by atoms with Gasteiger partial charge in [0.25, 0.3) is 0 Å². The molecular formula is C20H35N3OSSn. The van der Waals surface area contributed by atoms with E-state index in [-0.39, 0.29) is 5.91 Å². The second-order valence-corrected chi connectivity index (χ2v) is 22.7. The molecule has 1 N–H and O–H groups in total. The number of hydrogen-bond donors (Lipinski definition) is 1. The average Bonchev–Trinajstić information content (AvgIpc) is 3.21. The summed E-state index contributed by atoms with van der Waals surface area (Å²) in [4.78, 5) is 17.0. The first-order chi connectivity index (χ1) is 12.6. The van der Waals surface area contributed by atoms with Crippen LogP contribution in [0, 0.1) is 0 Å². The van der Waals surface area contributed by atoms with E-state index in [0.717, 1.165) is 5.69 Å². The Kier molecular flexibility index (Phi) is 8.94. The Hall–Kier alpha value is -0.561. The second-order valence-electron chi connectivity index (χ2n) is 7.50. The van der Waals surface area contributed by atoms with Crippen molar-refractivity contribution < 1.29 is 4.79 Å². The molecule has 0 saturated carbocycles. The summed E-state index contributed by atoms with van der Waals surface area (Å²) < 4.78 is 8.40. The first-order valence-corrected chi connectivity index (χ1v) is 18.6. The standard InChI is InChI=1S/C8H8N3OS.3C4H9.Sn/c1-6(12)9-4-7-8-11(5-10-7)2-3-13-8;3*1-3-4-2;/h2,5H,4H2,1H3,(H,9,12);3*1,3-4H2,2H3;. The van der Waals surface area contributed by atoms with E-state index in [9.17, 15) is 4.79 Å². The monoisotopic (exact) mass is 485 g/mol. The normalized spacial score (nSPS) is 12.0. The third-order valence-electron chi connectivity index (χ3n) is 5.34. The van der Waals surface area contributed by atoms with Crippen molar-refractivity contribution in [3.05, 3.63) is 18.2 Å². The Morgan fingerprint density at radius 3 is 2.19 bits per heavy atom. The fraction of sp³-hybridized carbons (Fsp3) is 0.700. The van der Waals surface area contributed by atoms with Crippen LogP contribution in [0.2, 0.25) is 13.3 Å². The van der Waals surface area contributed by atoms with Crippen molar-refractivity contribution in [3.8, 4) is 0 Å². The topological polar surface area (TPSA) is 46.4 Å². The maximum atomic E-state index is 11.3. The zero-order valence-electron chi connectivity index (χ0n) is 16.9. The molecule has 0 aliphatic heterocycles. The van der Waals surface area contributed by atoms with Gasteiger partial charge in [0.15, 0.2) is 0 Å². The van der Waals surface area contributed by atoms with E-state index in [0.29, 0.717) is 6.54 Å². The van der Waals surface area contributed by atoms with Gasteiger partial charge in [-0.25, -0.2) is 0 Å². The number of unbranched alkanes of at least 4 members (excludes halogenated alkanes) is 3. The van der Waals surface area contributed by atoms with Gasteiger partial charge in [0.1, 0.15) is 0 Å². The van der Waals surface area contributed by atoms with Crippen molar-refractivity contribution in [2.75, 3.05) is 0 Å². The Morgan fingerprint density at radius 2 is 1.69 bits per heavy atom. The predicted molar refractivity (Wildman–Crippen MR) is 115 cm³/mol. The van der Waals surface area contributed by atoms with Crippen LogP contribution in [0.25, 0.3) is 4.83 Å². The van der Waals surface area contributed by atoms with E-state index in [1.54, 1.807) is 9.82 Å². The molecule has 0 saturated heterocycles. The molecule has 0 bridgehead atoms. The number of hydrogen-bond acceptors (Lipinski definition) is 3. The van der Waals surface area contributed by atoms with Gasteiger partial charge >= 0.3 is 167 Å². The van der Waals surface area contributed by atoms with Gasteiger partial charge in [-0.2, -0.15) is 0 Å². The fourth-order valence-electron chi connectivity index (χ4n) is 3.71. The summed E-state index contributed by atoms with van der Waals surface area (Å²) in [6.45, 7) is 9.07. The van der Waals surface area contributed by atoms with Crippen molar-refractivity contribution in [2.45, 2.75) is 86.1 Å². The number of thiazole rings is 1. The molecule has 0 fully saturated rings. The first kappa shape index (κ1) is 21.7. The number of rotatable bonds is 12. The molecule has 6 heteroatoms. The summed E-state index contributed by atoms with van der Waals surface area (Å²) in [5, 5.41) is 2.90. The van der Waals surface area contributed by atoms with Crippen LogP contribution in [-0.4, -0.2) is 33.7 Å². The molecule has 2 aromatic rings. The number of imidazole rings is 1. The molecule has 4 nitrogen and oxygen atoms in total. The van der Waals surface area contributed by atoms with Gasteiger partial charge in [-0.15, -0.1) is 0 Å². The number of carbonyl (C=O) groups excluding carboxylic acids is 1. The molecule has 0 radical (unpaired) electrons. The molecular weight excluding hydrogens is 449 g/mol. The summed E-state index contributed by atoms with van der Waals surface area (Å²) >= 11 is -0.389. The molecule has 0 aromatic carbocycles. The Balaban J connectivity index is 2.36. The van der Waals surface area contributed by atoms with E-state index in [4.69, 9.17) is 0 Å². The van der Waals surface area contributed by atoms with Crippen LogP contribution in [0.1, 0.15) is 71.9 Å². The fourth-order valence-corrected chi connectivity index (χ4v) is 23.7. The number of fused-ring (bicyclic) bond motifs is 1. The van der Waals surface area contributed by atoms with Crippen molar-refractivity contribution in [1.82, 2.24) is 14.7 Å². The van der Waals surface area contributed by atoms with Crippen LogP contribution >= 0.6 is 11.3 Å². The molecule has 0 aliphatic carbocycles. The number of nitrogens with zero attached hydrogens (tertiary/aromatic N) is 2. The van der Waals surface area contributed by atoms with Crippen molar-refractivity contribution in [3.63, 3.8) is 0 Å². The molecule has 0 aliphatic rings. The summed E-state index contributed by atoms with van der Waals surface area (Å²) in [6.07, 6.45) is 12.4. The summed E-state index contributed by atoms with van der Waals surface area (Å²) in [6, 6.07) is 0. The van der Waals surface area contributed by atoms with Gasteiger partial charge in [-0.1, -0.05) is 0 Å². The predicted octanol–water partition coefficient (Wildman–Crippen LogP) is 5.09. The molecule has 0 spiro atoms. The minimum absolute atomic E-state index is 0.00490. The Morgan fingerprint density at radius 1 is 1.12 bits per heavy atom. The second kappa shape index (κ2) is 10.7. The van der Waals surface area contributed by atoms with Gasteiger partial charge in [0, 0.05) is 0 Å². The van der Waals surface area contributed by atoms with Crippen LogP contribution in [0.15, 0.2) is 12.5 Å². The van der Waals surface area contributed by atoms with E-state index in [2.05, 4.69) is 41.7 Å². The van der Waals surface area contributed by atoms with Crippen molar-refractivity contribution in [2.24, 2.45) is 0 Å². The SMILES string of the molecule is CCC[CH2][Sn]([CH2]CCC)([CH2]CCC)[c]1cn2cnc(CNC(C)=O)c2s1. The summed E-state index contributed by atoms with van der Waals surface area (Å²) in [7, 11) is 0. The third-order valence-corrected chi connectivity index (χ3v) is 24.7. The van der Waals surface area contributed by atoms with Gasteiger partial charge in [-0.05, 0) is 0 Å². The van der Waals surface area contributed by atoms with E-state index >= 15 is 0 Å². The Labute approximate surface area is 166 Å². The molecule has 0 unspecified atom stereocenters. The zero-order chi connectivity index (χ0) is 19.0. The van der Waals surface area contributed by atoms with Gasteiger partial charge in [0.05, 0.1) is 0 Å². The van der Waals surface area contributed by atoms with Crippen LogP contribution in [-0.2, 0) is 11.3 Å². The minimum atomic E-state index is -2.37.